The summed E-state index contributed by atoms with van der Waals surface area (Å²) in [5.41, 5.74) is 1.75. The Bertz CT molecular complexity index is 664. The van der Waals surface area contributed by atoms with Crippen molar-refractivity contribution in [2.45, 2.75) is 13.8 Å². The van der Waals surface area contributed by atoms with Crippen molar-refractivity contribution in [3.05, 3.63) is 33.7 Å². The van der Waals surface area contributed by atoms with Gasteiger partial charge >= 0.3 is 6.09 Å². The Hall–Kier alpha value is -1.59. The van der Waals surface area contributed by atoms with E-state index in [0.29, 0.717) is 10.7 Å². The maximum atomic E-state index is 11.0. The van der Waals surface area contributed by atoms with Gasteiger partial charge in [0, 0.05) is 16.8 Å². The van der Waals surface area contributed by atoms with Crippen LogP contribution in [0.1, 0.15) is 17.4 Å². The predicted octanol–water partition coefficient (Wildman–Crippen LogP) is 3.94. The molecule has 0 aliphatic rings. The SMILES string of the molecule is CNC(=O)O/N=C(\C)c1sc2ccc(Cl)cc2c1C. The second-order valence-corrected chi connectivity index (χ2v) is 5.49. The Morgan fingerprint density at radius 2 is 2.21 bits per heavy atom. The molecule has 0 aliphatic heterocycles. The van der Waals surface area contributed by atoms with E-state index in [2.05, 4.69) is 10.5 Å². The molecule has 100 valence electrons. The van der Waals surface area contributed by atoms with Crippen molar-refractivity contribution in [3.8, 4) is 0 Å². The Balaban J connectivity index is 2.40. The lowest BCUT2D eigenvalue weighted by Crippen LogP contribution is -2.17. The van der Waals surface area contributed by atoms with Gasteiger partial charge in [-0.25, -0.2) is 4.79 Å². The van der Waals surface area contributed by atoms with Gasteiger partial charge in [-0.05, 0) is 43.0 Å². The van der Waals surface area contributed by atoms with Crippen LogP contribution < -0.4 is 5.32 Å². The second kappa shape index (κ2) is 5.59. The fourth-order valence-electron chi connectivity index (χ4n) is 1.74. The molecular weight excluding hydrogens is 284 g/mol. The van der Waals surface area contributed by atoms with Gasteiger partial charge in [-0.2, -0.15) is 0 Å². The average Bonchev–Trinajstić information content (AvgIpc) is 2.73. The van der Waals surface area contributed by atoms with Crippen molar-refractivity contribution in [1.82, 2.24) is 5.32 Å². The highest BCUT2D eigenvalue weighted by Crippen LogP contribution is 2.33. The summed E-state index contributed by atoms with van der Waals surface area (Å²) in [6.45, 7) is 3.81. The minimum absolute atomic E-state index is 0.582. The molecule has 0 bridgehead atoms. The highest BCUT2D eigenvalue weighted by molar-refractivity contribution is 7.21. The molecule has 0 fully saturated rings. The number of aryl methyl sites for hydroxylation is 1. The fraction of sp³-hybridized carbons (Fsp3) is 0.231. The van der Waals surface area contributed by atoms with Crippen molar-refractivity contribution < 1.29 is 9.63 Å². The Kier molecular flexibility index (Phi) is 4.07. The lowest BCUT2D eigenvalue weighted by molar-refractivity contribution is 0.153. The molecule has 0 atom stereocenters. The largest absolute Gasteiger partial charge is 0.433 e. The molecule has 4 nitrogen and oxygen atoms in total. The van der Waals surface area contributed by atoms with Crippen molar-refractivity contribution >= 4 is 44.8 Å². The maximum Gasteiger partial charge on any atom is 0.433 e. The van der Waals surface area contributed by atoms with Crippen molar-refractivity contribution in [2.24, 2.45) is 5.16 Å². The first kappa shape index (κ1) is 13.8. The van der Waals surface area contributed by atoms with E-state index in [1.165, 1.54) is 7.05 Å². The first-order valence-corrected chi connectivity index (χ1v) is 6.84. The zero-order chi connectivity index (χ0) is 14.0. The molecule has 2 rings (SSSR count). The topological polar surface area (TPSA) is 50.7 Å². The number of benzene rings is 1. The van der Waals surface area contributed by atoms with Gasteiger partial charge in [-0.15, -0.1) is 11.3 Å². The van der Waals surface area contributed by atoms with Gasteiger partial charge in [0.1, 0.15) is 0 Å². The van der Waals surface area contributed by atoms with Crippen molar-refractivity contribution in [1.29, 1.82) is 0 Å². The van der Waals surface area contributed by atoms with E-state index in [0.717, 1.165) is 20.5 Å². The number of fused-ring (bicyclic) bond motifs is 1. The van der Waals surface area contributed by atoms with Gasteiger partial charge in [-0.1, -0.05) is 16.8 Å². The van der Waals surface area contributed by atoms with E-state index >= 15 is 0 Å². The van der Waals surface area contributed by atoms with Gasteiger partial charge in [0.15, 0.2) is 0 Å². The summed E-state index contributed by atoms with van der Waals surface area (Å²) in [6, 6.07) is 5.77. The number of amides is 1. The van der Waals surface area contributed by atoms with E-state index in [1.807, 2.05) is 32.0 Å². The number of carbonyl (C=O) groups excluding carboxylic acids is 1. The van der Waals surface area contributed by atoms with Gasteiger partial charge in [0.2, 0.25) is 0 Å². The molecule has 1 aromatic heterocycles. The molecule has 1 N–H and O–H groups in total. The number of nitrogens with one attached hydrogen (secondary N) is 1. The third-order valence-corrected chi connectivity index (χ3v) is 4.31. The van der Waals surface area contributed by atoms with Crippen LogP contribution in [0.4, 0.5) is 4.79 Å². The minimum atomic E-state index is -0.582. The first-order valence-electron chi connectivity index (χ1n) is 5.65. The highest BCUT2D eigenvalue weighted by atomic mass is 35.5. The number of carbonyl (C=O) groups is 1. The highest BCUT2D eigenvalue weighted by Gasteiger charge is 2.12. The Morgan fingerprint density at radius 3 is 2.89 bits per heavy atom. The number of halogens is 1. The van der Waals surface area contributed by atoms with Crippen LogP contribution in [-0.2, 0) is 4.84 Å². The third kappa shape index (κ3) is 2.88. The van der Waals surface area contributed by atoms with Crippen LogP contribution in [-0.4, -0.2) is 18.9 Å². The number of hydrogen-bond donors (Lipinski definition) is 1. The van der Waals surface area contributed by atoms with Crippen LogP contribution in [0.2, 0.25) is 5.02 Å². The summed E-state index contributed by atoms with van der Waals surface area (Å²) in [5, 5.41) is 7.97. The molecule has 0 aliphatic carbocycles. The quantitative estimate of drug-likeness (QED) is 0.518. The van der Waals surface area contributed by atoms with Crippen LogP contribution in [0.15, 0.2) is 23.4 Å². The third-order valence-electron chi connectivity index (χ3n) is 2.70. The van der Waals surface area contributed by atoms with Crippen LogP contribution in [0, 0.1) is 6.92 Å². The minimum Gasteiger partial charge on any atom is -0.323 e. The number of nitrogens with zero attached hydrogens (tertiary/aromatic N) is 1. The number of rotatable bonds is 2. The zero-order valence-corrected chi connectivity index (χ0v) is 12.4. The number of hydrogen-bond acceptors (Lipinski definition) is 4. The number of thiophene rings is 1. The summed E-state index contributed by atoms with van der Waals surface area (Å²) in [6.07, 6.45) is -0.582. The van der Waals surface area contributed by atoms with E-state index < -0.39 is 6.09 Å². The molecule has 0 saturated carbocycles. The van der Waals surface area contributed by atoms with Crippen molar-refractivity contribution in [3.63, 3.8) is 0 Å². The van der Waals surface area contributed by atoms with Gasteiger partial charge in [0.25, 0.3) is 0 Å². The monoisotopic (exact) mass is 296 g/mol. The molecule has 2 aromatic rings. The predicted molar refractivity (Wildman–Crippen MR) is 79.3 cm³/mol. The molecule has 1 aromatic carbocycles. The Morgan fingerprint density at radius 1 is 1.47 bits per heavy atom. The van der Waals surface area contributed by atoms with E-state index in [4.69, 9.17) is 16.4 Å². The first-order chi connectivity index (χ1) is 9.02. The van der Waals surface area contributed by atoms with E-state index in [1.54, 1.807) is 11.3 Å². The van der Waals surface area contributed by atoms with Gasteiger partial charge < -0.3 is 5.32 Å². The zero-order valence-electron chi connectivity index (χ0n) is 10.8. The van der Waals surface area contributed by atoms with E-state index in [9.17, 15) is 4.79 Å². The standard InChI is InChI=1S/C13H13ClN2O2S/c1-7-10-6-9(14)4-5-11(10)19-12(7)8(2)16-18-13(17)15-3/h4-6H,1-3H3,(H,15,17)/b16-8+. The molecule has 0 spiro atoms. The van der Waals surface area contributed by atoms with Gasteiger partial charge in [-0.3, -0.25) is 4.84 Å². The molecule has 19 heavy (non-hydrogen) atoms. The summed E-state index contributed by atoms with van der Waals surface area (Å²) < 4.78 is 1.13. The average molecular weight is 297 g/mol. The molecule has 1 amide bonds. The summed E-state index contributed by atoms with van der Waals surface area (Å²) in [5.74, 6) is 0. The lowest BCUT2D eigenvalue weighted by atomic mass is 10.1. The van der Waals surface area contributed by atoms with E-state index in [-0.39, 0.29) is 0 Å². The van der Waals surface area contributed by atoms with Crippen LogP contribution in [0.5, 0.6) is 0 Å². The molecule has 6 heteroatoms. The normalized spacial score (nSPS) is 11.7. The van der Waals surface area contributed by atoms with Crippen LogP contribution in [0.25, 0.3) is 10.1 Å². The molecule has 0 saturated heterocycles. The number of oxime groups is 1. The molecular formula is C13H13ClN2O2S. The van der Waals surface area contributed by atoms with Crippen molar-refractivity contribution in [2.75, 3.05) is 7.05 Å². The molecule has 0 radical (unpaired) electrons. The summed E-state index contributed by atoms with van der Waals surface area (Å²) in [7, 11) is 1.49. The molecule has 0 unspecified atom stereocenters. The van der Waals surface area contributed by atoms with Crippen LogP contribution in [0.3, 0.4) is 0 Å². The Labute approximate surface area is 120 Å². The maximum absolute atomic E-state index is 11.0. The smallest absolute Gasteiger partial charge is 0.323 e. The lowest BCUT2D eigenvalue weighted by Gasteiger charge is -1.99. The van der Waals surface area contributed by atoms with Gasteiger partial charge in [0.05, 0.1) is 10.6 Å². The summed E-state index contributed by atoms with van der Waals surface area (Å²) in [4.78, 5) is 16.7. The second-order valence-electron chi connectivity index (χ2n) is 4.00. The fourth-order valence-corrected chi connectivity index (χ4v) is 3.03. The molecule has 1 heterocycles. The summed E-state index contributed by atoms with van der Waals surface area (Å²) >= 11 is 7.60. The van der Waals surface area contributed by atoms with Crippen LogP contribution >= 0.6 is 22.9 Å².